The predicted molar refractivity (Wildman–Crippen MR) is 101 cm³/mol. The lowest BCUT2D eigenvalue weighted by molar-refractivity contribution is -0.122. The van der Waals surface area contributed by atoms with Gasteiger partial charge in [-0.25, -0.2) is 9.69 Å². The molecule has 0 spiro atoms. The molecule has 0 saturated carbocycles. The maximum atomic E-state index is 12.7. The van der Waals surface area contributed by atoms with Crippen molar-refractivity contribution in [1.29, 1.82) is 0 Å². The molecule has 6 nitrogen and oxygen atoms in total. The second kappa shape index (κ2) is 7.11. The largest absolute Gasteiger partial charge is 0.505 e. The number of imide groups is 2. The third-order valence-corrected chi connectivity index (χ3v) is 4.68. The van der Waals surface area contributed by atoms with Crippen LogP contribution in [0.5, 0.6) is 5.75 Å². The van der Waals surface area contributed by atoms with E-state index in [9.17, 15) is 19.5 Å². The predicted octanol–water partition coefficient (Wildman–Crippen LogP) is 4.13. The van der Waals surface area contributed by atoms with Crippen LogP contribution in [0.25, 0.3) is 6.08 Å². The summed E-state index contributed by atoms with van der Waals surface area (Å²) in [4.78, 5) is 37.8. The summed E-state index contributed by atoms with van der Waals surface area (Å²) < 4.78 is 0.297. The van der Waals surface area contributed by atoms with Crippen molar-refractivity contribution in [1.82, 2.24) is 5.32 Å². The number of carbonyl (C=O) groups is 3. The number of phenolic OH excluding ortho intramolecular Hbond substituents is 1. The van der Waals surface area contributed by atoms with E-state index in [0.717, 1.165) is 4.90 Å². The van der Waals surface area contributed by atoms with Crippen LogP contribution < -0.4 is 10.2 Å². The van der Waals surface area contributed by atoms with Crippen molar-refractivity contribution in [3.63, 3.8) is 0 Å². The van der Waals surface area contributed by atoms with Crippen molar-refractivity contribution in [2.24, 2.45) is 0 Å². The van der Waals surface area contributed by atoms with Crippen molar-refractivity contribution in [3.05, 3.63) is 62.1 Å². The Morgan fingerprint density at radius 3 is 2.35 bits per heavy atom. The molecule has 9 heteroatoms. The fraction of sp³-hybridized carbons (Fsp3) is 0. The molecular formula is C17H9BrCl2N2O4. The average Bonchev–Trinajstić information content (AvgIpc) is 2.58. The van der Waals surface area contributed by atoms with Gasteiger partial charge >= 0.3 is 6.03 Å². The highest BCUT2D eigenvalue weighted by Crippen LogP contribution is 2.34. The molecule has 0 unspecified atom stereocenters. The van der Waals surface area contributed by atoms with Crippen molar-refractivity contribution in [2.45, 2.75) is 0 Å². The Kier molecular flexibility index (Phi) is 5.04. The van der Waals surface area contributed by atoms with Gasteiger partial charge in [-0.15, -0.1) is 0 Å². The van der Waals surface area contributed by atoms with Gasteiger partial charge in [0.15, 0.2) is 0 Å². The normalized spacial score (nSPS) is 16.2. The summed E-state index contributed by atoms with van der Waals surface area (Å²) >= 11 is 14.8. The maximum Gasteiger partial charge on any atom is 0.335 e. The molecule has 0 atom stereocenters. The van der Waals surface area contributed by atoms with Gasteiger partial charge in [-0.3, -0.25) is 14.9 Å². The van der Waals surface area contributed by atoms with Crippen LogP contribution in [0.15, 0.2) is 46.4 Å². The third-order valence-electron chi connectivity index (χ3n) is 3.54. The summed E-state index contributed by atoms with van der Waals surface area (Å²) in [5.74, 6) is -1.78. The molecule has 1 aliphatic heterocycles. The van der Waals surface area contributed by atoms with E-state index in [1.807, 2.05) is 0 Å². The van der Waals surface area contributed by atoms with E-state index in [-0.39, 0.29) is 22.0 Å². The minimum absolute atomic E-state index is 0.0422. The number of halogens is 3. The summed E-state index contributed by atoms with van der Waals surface area (Å²) in [6.07, 6.45) is 1.28. The smallest absolute Gasteiger partial charge is 0.335 e. The van der Waals surface area contributed by atoms with Gasteiger partial charge in [0.1, 0.15) is 11.3 Å². The fourth-order valence-electron chi connectivity index (χ4n) is 2.32. The molecule has 0 aliphatic carbocycles. The van der Waals surface area contributed by atoms with Crippen molar-refractivity contribution >= 4 is 68.7 Å². The van der Waals surface area contributed by atoms with E-state index in [2.05, 4.69) is 21.2 Å². The summed E-state index contributed by atoms with van der Waals surface area (Å²) in [6, 6.07) is 8.03. The summed E-state index contributed by atoms with van der Waals surface area (Å²) in [5, 5.41) is 12.3. The van der Waals surface area contributed by atoms with Crippen LogP contribution in [0.4, 0.5) is 10.5 Å². The highest BCUT2D eigenvalue weighted by atomic mass is 79.9. The Morgan fingerprint density at radius 2 is 1.73 bits per heavy atom. The number of carbonyl (C=O) groups excluding carboxylic acids is 3. The van der Waals surface area contributed by atoms with Crippen molar-refractivity contribution in [3.8, 4) is 5.75 Å². The number of hydrogen-bond donors (Lipinski definition) is 2. The van der Waals surface area contributed by atoms with Crippen molar-refractivity contribution in [2.75, 3.05) is 4.90 Å². The van der Waals surface area contributed by atoms with Gasteiger partial charge in [0.05, 0.1) is 15.2 Å². The molecule has 2 aromatic carbocycles. The van der Waals surface area contributed by atoms with Gasteiger partial charge in [0, 0.05) is 5.02 Å². The highest BCUT2D eigenvalue weighted by Gasteiger charge is 2.36. The lowest BCUT2D eigenvalue weighted by Gasteiger charge is -2.26. The zero-order valence-electron chi connectivity index (χ0n) is 12.8. The molecule has 1 saturated heterocycles. The summed E-state index contributed by atoms with van der Waals surface area (Å²) in [7, 11) is 0. The molecule has 2 N–H and O–H groups in total. The number of aromatic hydroxyl groups is 1. The molecule has 1 aliphatic rings. The van der Waals surface area contributed by atoms with Gasteiger partial charge in [0.2, 0.25) is 0 Å². The first-order chi connectivity index (χ1) is 12.3. The minimum atomic E-state index is -0.857. The van der Waals surface area contributed by atoms with Gasteiger partial charge in [-0.2, -0.15) is 0 Å². The molecule has 0 aromatic heterocycles. The van der Waals surface area contributed by atoms with Crippen LogP contribution in [-0.2, 0) is 9.59 Å². The molecule has 3 rings (SSSR count). The molecule has 1 fully saturated rings. The Morgan fingerprint density at radius 1 is 1.08 bits per heavy atom. The Labute approximate surface area is 166 Å². The number of anilines is 1. The van der Waals surface area contributed by atoms with Crippen LogP contribution in [0.3, 0.4) is 0 Å². The molecule has 0 radical (unpaired) electrons. The van der Waals surface area contributed by atoms with E-state index in [1.54, 1.807) is 0 Å². The van der Waals surface area contributed by atoms with Crippen LogP contribution in [-0.4, -0.2) is 23.0 Å². The lowest BCUT2D eigenvalue weighted by Crippen LogP contribution is -2.54. The standard InChI is InChI=1S/C17H9BrCl2N2O4/c18-12-6-8(7-13(20)14(12)23)5-11-15(24)21-17(26)22(16(11)25)10-3-1-9(19)2-4-10/h1-7,23H,(H,21,24,26). The number of benzene rings is 2. The zero-order chi connectivity index (χ0) is 19.0. The molecule has 2 aromatic rings. The maximum absolute atomic E-state index is 12.7. The van der Waals surface area contributed by atoms with E-state index in [4.69, 9.17) is 23.2 Å². The van der Waals surface area contributed by atoms with Crippen molar-refractivity contribution < 1.29 is 19.5 Å². The first-order valence-corrected chi connectivity index (χ1v) is 8.68. The second-order valence-corrected chi connectivity index (χ2v) is 6.97. The van der Waals surface area contributed by atoms with E-state index in [1.165, 1.54) is 42.5 Å². The number of amides is 4. The molecule has 0 bridgehead atoms. The quantitative estimate of drug-likeness (QED) is 0.526. The van der Waals surface area contributed by atoms with E-state index >= 15 is 0 Å². The first kappa shape index (κ1) is 18.4. The van der Waals surface area contributed by atoms with Crippen LogP contribution >= 0.6 is 39.1 Å². The Bertz CT molecular complexity index is 950. The fourth-order valence-corrected chi connectivity index (χ4v) is 3.26. The number of phenols is 1. The van der Waals surface area contributed by atoms with Gasteiger partial charge in [0.25, 0.3) is 11.8 Å². The number of urea groups is 1. The SMILES string of the molecule is O=C1NC(=O)N(c2ccc(Cl)cc2)C(=O)C1=Cc1cc(Cl)c(O)c(Br)c1. The zero-order valence-corrected chi connectivity index (χ0v) is 15.9. The molecule has 4 amide bonds. The van der Waals surface area contributed by atoms with E-state index in [0.29, 0.717) is 15.1 Å². The molecule has 26 heavy (non-hydrogen) atoms. The van der Waals surface area contributed by atoms with E-state index < -0.39 is 17.8 Å². The molecule has 1 heterocycles. The monoisotopic (exact) mass is 454 g/mol. The minimum Gasteiger partial charge on any atom is -0.505 e. The number of hydrogen-bond acceptors (Lipinski definition) is 4. The molecular weight excluding hydrogens is 447 g/mol. The number of nitrogens with zero attached hydrogens (tertiary/aromatic N) is 1. The first-order valence-electron chi connectivity index (χ1n) is 7.13. The van der Waals surface area contributed by atoms with Gasteiger partial charge in [-0.05, 0) is 64.0 Å². The van der Waals surface area contributed by atoms with Gasteiger partial charge in [-0.1, -0.05) is 23.2 Å². The highest BCUT2D eigenvalue weighted by molar-refractivity contribution is 9.10. The van der Waals surface area contributed by atoms with Crippen LogP contribution in [0.2, 0.25) is 10.0 Å². The number of nitrogens with one attached hydrogen (secondary N) is 1. The summed E-state index contributed by atoms with van der Waals surface area (Å²) in [5.41, 5.74) is 0.400. The number of barbiturate groups is 1. The Balaban J connectivity index is 2.04. The Hall–Kier alpha value is -2.35. The second-order valence-electron chi connectivity index (χ2n) is 5.27. The lowest BCUT2D eigenvalue weighted by atomic mass is 10.1. The van der Waals surface area contributed by atoms with Gasteiger partial charge < -0.3 is 5.11 Å². The number of rotatable bonds is 2. The summed E-state index contributed by atoms with van der Waals surface area (Å²) in [6.45, 7) is 0. The van der Waals surface area contributed by atoms with Crippen LogP contribution in [0.1, 0.15) is 5.56 Å². The average molecular weight is 456 g/mol. The third kappa shape index (κ3) is 3.46. The van der Waals surface area contributed by atoms with Crippen LogP contribution in [0, 0.1) is 0 Å². The molecule has 132 valence electrons. The topological polar surface area (TPSA) is 86.7 Å².